The van der Waals surface area contributed by atoms with E-state index in [0.29, 0.717) is 17.9 Å². The van der Waals surface area contributed by atoms with Gasteiger partial charge in [0.1, 0.15) is 11.3 Å². The Labute approximate surface area is 115 Å². The van der Waals surface area contributed by atoms with Gasteiger partial charge in [-0.2, -0.15) is 5.10 Å². The molecule has 0 unspecified atom stereocenters. The molecule has 0 saturated heterocycles. The molecule has 7 heteroatoms. The van der Waals surface area contributed by atoms with Crippen LogP contribution in [0.1, 0.15) is 5.56 Å². The van der Waals surface area contributed by atoms with Gasteiger partial charge in [0.15, 0.2) is 5.82 Å². The van der Waals surface area contributed by atoms with Crippen molar-refractivity contribution in [2.45, 2.75) is 6.54 Å². The van der Waals surface area contributed by atoms with E-state index in [0.717, 1.165) is 16.8 Å². The summed E-state index contributed by atoms with van der Waals surface area (Å²) in [6.45, 7) is 0.635. The van der Waals surface area contributed by atoms with E-state index >= 15 is 0 Å². The van der Waals surface area contributed by atoms with Crippen molar-refractivity contribution in [3.05, 3.63) is 42.4 Å². The summed E-state index contributed by atoms with van der Waals surface area (Å²) in [5.74, 6) is 6.70. The molecular formula is C13H14N6O. The minimum atomic E-state index is 0.460. The first-order valence-corrected chi connectivity index (χ1v) is 6.08. The fourth-order valence-corrected chi connectivity index (χ4v) is 2.14. The Morgan fingerprint density at radius 1 is 1.35 bits per heavy atom. The summed E-state index contributed by atoms with van der Waals surface area (Å²) in [5, 5.41) is 7.81. The molecule has 2 aromatic heterocycles. The lowest BCUT2D eigenvalue weighted by Crippen LogP contribution is -2.10. The van der Waals surface area contributed by atoms with Crippen molar-refractivity contribution in [3.8, 4) is 5.75 Å². The maximum absolute atomic E-state index is 5.40. The molecule has 0 spiro atoms. The van der Waals surface area contributed by atoms with E-state index in [1.165, 1.54) is 0 Å². The number of hydrogen-bond donors (Lipinski definition) is 2. The maximum atomic E-state index is 5.40. The number of hydrazine groups is 1. The van der Waals surface area contributed by atoms with Gasteiger partial charge in [0.2, 0.25) is 0 Å². The van der Waals surface area contributed by atoms with E-state index < -0.39 is 0 Å². The van der Waals surface area contributed by atoms with E-state index in [9.17, 15) is 0 Å². The Hall–Kier alpha value is -2.67. The Morgan fingerprint density at radius 3 is 3.00 bits per heavy atom. The topological polar surface area (TPSA) is 90.9 Å². The molecule has 0 bridgehead atoms. The summed E-state index contributed by atoms with van der Waals surface area (Å²) in [6.07, 6.45) is 3.40. The van der Waals surface area contributed by atoms with Crippen molar-refractivity contribution in [1.82, 2.24) is 19.7 Å². The number of ether oxygens (including phenoxy) is 1. The molecule has 3 aromatic rings. The first-order valence-electron chi connectivity index (χ1n) is 6.08. The van der Waals surface area contributed by atoms with Crippen molar-refractivity contribution in [2.75, 3.05) is 12.5 Å². The highest BCUT2D eigenvalue weighted by Crippen LogP contribution is 2.22. The largest absolute Gasteiger partial charge is 0.496 e. The molecule has 3 rings (SSSR count). The second-order valence-electron chi connectivity index (χ2n) is 4.26. The van der Waals surface area contributed by atoms with Gasteiger partial charge in [-0.25, -0.2) is 10.8 Å². The van der Waals surface area contributed by atoms with Gasteiger partial charge in [-0.15, -0.1) is 5.10 Å². The van der Waals surface area contributed by atoms with Crippen LogP contribution >= 0.6 is 0 Å². The smallest absolute Gasteiger partial charge is 0.190 e. The van der Waals surface area contributed by atoms with Gasteiger partial charge in [0.25, 0.3) is 0 Å². The van der Waals surface area contributed by atoms with Crippen molar-refractivity contribution < 1.29 is 4.74 Å². The van der Waals surface area contributed by atoms with E-state index in [1.54, 1.807) is 19.6 Å². The number of nitrogens with one attached hydrogen (secondary N) is 1. The number of anilines is 1. The molecule has 0 aliphatic rings. The summed E-state index contributed by atoms with van der Waals surface area (Å²) in [7, 11) is 1.66. The molecule has 0 aliphatic heterocycles. The highest BCUT2D eigenvalue weighted by molar-refractivity contribution is 5.84. The van der Waals surface area contributed by atoms with Gasteiger partial charge in [-0.05, 0) is 6.07 Å². The number of nitrogens with zero attached hydrogens (tertiary/aromatic N) is 4. The van der Waals surface area contributed by atoms with Crippen molar-refractivity contribution >= 4 is 16.9 Å². The zero-order valence-corrected chi connectivity index (χ0v) is 10.9. The Balaban J connectivity index is 2.03. The first-order chi connectivity index (χ1) is 9.83. The summed E-state index contributed by atoms with van der Waals surface area (Å²) in [6, 6.07) is 7.86. The third kappa shape index (κ3) is 2.04. The zero-order valence-electron chi connectivity index (χ0n) is 10.9. The fourth-order valence-electron chi connectivity index (χ4n) is 2.14. The highest BCUT2D eigenvalue weighted by atomic mass is 16.5. The highest BCUT2D eigenvalue weighted by Gasteiger charge is 2.10. The number of imidazole rings is 1. The molecule has 0 aliphatic carbocycles. The molecule has 0 saturated carbocycles. The van der Waals surface area contributed by atoms with Crippen LogP contribution in [-0.2, 0) is 6.54 Å². The van der Waals surface area contributed by atoms with Gasteiger partial charge in [-0.1, -0.05) is 18.2 Å². The monoisotopic (exact) mass is 270 g/mol. The quantitative estimate of drug-likeness (QED) is 0.546. The van der Waals surface area contributed by atoms with Crippen LogP contribution in [0.4, 0.5) is 5.82 Å². The summed E-state index contributed by atoms with van der Waals surface area (Å²) in [5.41, 5.74) is 5.11. The lowest BCUT2D eigenvalue weighted by molar-refractivity contribution is 0.408. The van der Waals surface area contributed by atoms with Gasteiger partial charge < -0.3 is 14.7 Å². The molecule has 1 aromatic carbocycles. The van der Waals surface area contributed by atoms with Gasteiger partial charge >= 0.3 is 0 Å². The number of fused-ring (bicyclic) bond motifs is 1. The minimum Gasteiger partial charge on any atom is -0.496 e. The second kappa shape index (κ2) is 5.14. The van der Waals surface area contributed by atoms with Gasteiger partial charge in [0.05, 0.1) is 31.7 Å². The average molecular weight is 270 g/mol. The molecule has 0 fully saturated rings. The molecule has 0 radical (unpaired) electrons. The fraction of sp³-hybridized carbons (Fsp3) is 0.154. The van der Waals surface area contributed by atoms with E-state index in [2.05, 4.69) is 20.6 Å². The number of benzene rings is 1. The molecule has 2 heterocycles. The van der Waals surface area contributed by atoms with Crippen LogP contribution < -0.4 is 16.0 Å². The van der Waals surface area contributed by atoms with Crippen molar-refractivity contribution in [2.24, 2.45) is 5.84 Å². The Bertz CT molecular complexity index is 739. The number of nitrogen functional groups attached to an aromatic ring is 1. The number of rotatable bonds is 4. The molecular weight excluding hydrogens is 256 g/mol. The van der Waals surface area contributed by atoms with Gasteiger partial charge in [0, 0.05) is 5.56 Å². The predicted molar refractivity (Wildman–Crippen MR) is 75.2 cm³/mol. The molecule has 0 amide bonds. The lowest BCUT2D eigenvalue weighted by atomic mass is 10.2. The molecule has 0 atom stereocenters. The van der Waals surface area contributed by atoms with Gasteiger partial charge in [-0.3, -0.25) is 0 Å². The summed E-state index contributed by atoms with van der Waals surface area (Å²) in [4.78, 5) is 4.32. The predicted octanol–water partition coefficient (Wildman–Crippen LogP) is 1.17. The summed E-state index contributed by atoms with van der Waals surface area (Å²) < 4.78 is 7.33. The number of hydrogen-bond acceptors (Lipinski definition) is 6. The molecule has 20 heavy (non-hydrogen) atoms. The summed E-state index contributed by atoms with van der Waals surface area (Å²) >= 11 is 0. The molecule has 3 N–H and O–H groups in total. The van der Waals surface area contributed by atoms with E-state index in [1.807, 2.05) is 28.8 Å². The first kappa shape index (κ1) is 12.4. The Morgan fingerprint density at radius 2 is 2.20 bits per heavy atom. The minimum absolute atomic E-state index is 0.460. The second-order valence-corrected chi connectivity index (χ2v) is 4.26. The van der Waals surface area contributed by atoms with Crippen LogP contribution in [0.15, 0.2) is 36.8 Å². The van der Waals surface area contributed by atoms with Crippen molar-refractivity contribution in [3.63, 3.8) is 0 Å². The average Bonchev–Trinajstić information content (AvgIpc) is 2.91. The zero-order chi connectivity index (χ0) is 13.9. The van der Waals surface area contributed by atoms with Crippen LogP contribution in [0, 0.1) is 0 Å². The number of nitrogens with two attached hydrogens (primary N) is 1. The number of para-hydroxylation sites is 1. The van der Waals surface area contributed by atoms with Crippen LogP contribution in [0.25, 0.3) is 11.0 Å². The third-order valence-electron chi connectivity index (χ3n) is 3.11. The van der Waals surface area contributed by atoms with Crippen LogP contribution in [-0.4, -0.2) is 26.9 Å². The third-order valence-corrected chi connectivity index (χ3v) is 3.11. The molecule has 102 valence electrons. The van der Waals surface area contributed by atoms with Crippen molar-refractivity contribution in [1.29, 1.82) is 0 Å². The standard InChI is InChI=1S/C13H14N6O/c1-20-11-5-3-2-4-9(11)7-19-8-15-12-10(19)6-16-18-13(12)17-14/h2-6,8H,7,14H2,1H3,(H,17,18). The van der Waals surface area contributed by atoms with Crippen LogP contribution in [0.5, 0.6) is 5.75 Å². The Kier molecular flexibility index (Phi) is 3.18. The molecule has 7 nitrogen and oxygen atoms in total. The van der Waals surface area contributed by atoms with E-state index in [-0.39, 0.29) is 0 Å². The van der Waals surface area contributed by atoms with Crippen LogP contribution in [0.3, 0.4) is 0 Å². The SMILES string of the molecule is COc1ccccc1Cn1cnc2c(NN)nncc21. The normalized spacial score (nSPS) is 10.7. The van der Waals surface area contributed by atoms with Crippen LogP contribution in [0.2, 0.25) is 0 Å². The van der Waals surface area contributed by atoms with E-state index in [4.69, 9.17) is 10.6 Å². The maximum Gasteiger partial charge on any atom is 0.190 e. The number of aromatic nitrogens is 4. The lowest BCUT2D eigenvalue weighted by Gasteiger charge is -2.09. The number of methoxy groups -OCH3 is 1.